The van der Waals surface area contributed by atoms with Crippen molar-refractivity contribution in [3.63, 3.8) is 0 Å². The molecule has 184 valence electrons. The number of hydrogen-bond acceptors (Lipinski definition) is 8. The Labute approximate surface area is 201 Å². The number of rotatable bonds is 7. The van der Waals surface area contributed by atoms with Crippen LogP contribution in [0.25, 0.3) is 11.2 Å². The highest BCUT2D eigenvalue weighted by atomic mass is 16.1. The van der Waals surface area contributed by atoms with E-state index in [1.165, 1.54) is 32.0 Å². The minimum Gasteiger partial charge on any atom is -0.365 e. The van der Waals surface area contributed by atoms with Crippen LogP contribution in [0, 0.1) is 0 Å². The van der Waals surface area contributed by atoms with Crippen molar-refractivity contribution >= 4 is 29.2 Å². The zero-order valence-electron chi connectivity index (χ0n) is 20.1. The number of likely N-dealkylation sites (tertiary alicyclic amines) is 1. The molecule has 1 aliphatic heterocycles. The molecule has 4 aliphatic rings. The number of carbonyl (C=O) groups is 1. The number of anilines is 2. The molecule has 4 fully saturated rings. The van der Waals surface area contributed by atoms with Gasteiger partial charge in [-0.25, -0.2) is 4.98 Å². The Kier molecular flexibility index (Phi) is 5.93. The lowest BCUT2D eigenvalue weighted by Gasteiger charge is -2.36. The monoisotopic (exact) mass is 466 g/mol. The van der Waals surface area contributed by atoms with E-state index in [1.54, 1.807) is 0 Å². The van der Waals surface area contributed by atoms with Gasteiger partial charge in [0.15, 0.2) is 17.0 Å². The molecule has 0 amide bonds. The van der Waals surface area contributed by atoms with Crippen LogP contribution in [0.5, 0.6) is 0 Å². The largest absolute Gasteiger partial charge is 0.365 e. The number of nitrogens with zero attached hydrogens (tertiary/aromatic N) is 5. The number of hydrogen-bond donors (Lipinski definition) is 3. The van der Waals surface area contributed by atoms with Crippen molar-refractivity contribution in [1.82, 2.24) is 24.4 Å². The number of imidazole rings is 1. The molecule has 9 heteroatoms. The predicted octanol–water partition coefficient (Wildman–Crippen LogP) is 3.23. The molecular weight excluding hydrogens is 428 g/mol. The molecule has 2 aromatic rings. The summed E-state index contributed by atoms with van der Waals surface area (Å²) in [5.74, 6) is 1.54. The second-order valence-electron chi connectivity index (χ2n) is 11.0. The second-order valence-corrected chi connectivity index (χ2v) is 11.0. The molecule has 0 unspecified atom stereocenters. The number of aldehydes is 1. The van der Waals surface area contributed by atoms with E-state index < -0.39 is 0 Å². The van der Waals surface area contributed by atoms with E-state index in [2.05, 4.69) is 20.1 Å². The normalized spacial score (nSPS) is 28.3. The zero-order valence-corrected chi connectivity index (χ0v) is 20.1. The van der Waals surface area contributed by atoms with Gasteiger partial charge in [0.05, 0.1) is 11.9 Å². The van der Waals surface area contributed by atoms with Crippen molar-refractivity contribution in [2.24, 2.45) is 5.73 Å². The van der Waals surface area contributed by atoms with Gasteiger partial charge < -0.3 is 25.7 Å². The van der Waals surface area contributed by atoms with Crippen LogP contribution in [0.1, 0.15) is 83.1 Å². The number of carbonyl (C=O) groups excluding carboxylic acids is 1. The van der Waals surface area contributed by atoms with Gasteiger partial charge in [-0.3, -0.25) is 4.90 Å². The molecule has 2 aromatic heterocycles. The van der Waals surface area contributed by atoms with Crippen LogP contribution in [0.15, 0.2) is 6.33 Å². The molecule has 0 bridgehead atoms. The summed E-state index contributed by atoms with van der Waals surface area (Å²) in [5.41, 5.74) is 7.77. The molecule has 0 radical (unpaired) electrons. The molecule has 9 nitrogen and oxygen atoms in total. The van der Waals surface area contributed by atoms with Crippen LogP contribution in [0.4, 0.5) is 11.8 Å². The standard InChI is InChI=1S/C25H38N8O/c26-17-5-7-18(8-6-17)29-24-30-22(21-23(31-24)33(16-27-21)20-3-1-2-4-20)28-19-9-13-32(14-10-19)25(15-34)11-12-25/h15-20H,1-14,26H2,(H2,28,29,30,31). The van der Waals surface area contributed by atoms with E-state index in [9.17, 15) is 4.79 Å². The first-order valence-corrected chi connectivity index (χ1v) is 13.4. The van der Waals surface area contributed by atoms with Gasteiger partial charge >= 0.3 is 0 Å². The molecular formula is C25H38N8O. The predicted molar refractivity (Wildman–Crippen MR) is 133 cm³/mol. The van der Waals surface area contributed by atoms with Gasteiger partial charge in [0, 0.05) is 37.3 Å². The van der Waals surface area contributed by atoms with Crippen molar-refractivity contribution in [1.29, 1.82) is 0 Å². The number of fused-ring (bicyclic) bond motifs is 1. The van der Waals surface area contributed by atoms with E-state index >= 15 is 0 Å². The smallest absolute Gasteiger partial charge is 0.227 e. The fraction of sp³-hybridized carbons (Fsp3) is 0.760. The Bertz CT molecular complexity index is 1010. The second kappa shape index (κ2) is 9.07. The number of aromatic nitrogens is 4. The Morgan fingerprint density at radius 2 is 1.65 bits per heavy atom. The number of nitrogens with two attached hydrogens (primary N) is 1. The average molecular weight is 467 g/mol. The van der Waals surface area contributed by atoms with Crippen LogP contribution in [0.2, 0.25) is 0 Å². The summed E-state index contributed by atoms with van der Waals surface area (Å²) >= 11 is 0. The molecule has 0 spiro atoms. The maximum Gasteiger partial charge on any atom is 0.227 e. The van der Waals surface area contributed by atoms with Crippen LogP contribution in [-0.4, -0.2) is 67.5 Å². The Balaban J connectivity index is 1.23. The number of nitrogens with one attached hydrogen (secondary N) is 2. The fourth-order valence-corrected chi connectivity index (χ4v) is 6.28. The van der Waals surface area contributed by atoms with Crippen LogP contribution < -0.4 is 16.4 Å². The van der Waals surface area contributed by atoms with Gasteiger partial charge in [-0.05, 0) is 64.2 Å². The lowest BCUT2D eigenvalue weighted by atomic mass is 9.92. The summed E-state index contributed by atoms with van der Waals surface area (Å²) in [6.45, 7) is 1.91. The fourth-order valence-electron chi connectivity index (χ4n) is 6.28. The molecule has 3 heterocycles. The SMILES string of the molecule is NC1CCC(Nc2nc(NC3CCN(C4(C=O)CC4)CC3)c3ncn(C4CCCC4)c3n2)CC1. The summed E-state index contributed by atoms with van der Waals surface area (Å²) < 4.78 is 2.28. The third-order valence-corrected chi connectivity index (χ3v) is 8.69. The maximum atomic E-state index is 11.5. The van der Waals surface area contributed by atoms with E-state index in [-0.39, 0.29) is 5.54 Å². The summed E-state index contributed by atoms with van der Waals surface area (Å²) in [7, 11) is 0. The molecule has 0 atom stereocenters. The van der Waals surface area contributed by atoms with Crippen molar-refractivity contribution < 1.29 is 4.79 Å². The third kappa shape index (κ3) is 4.28. The van der Waals surface area contributed by atoms with Gasteiger partial charge in [0.2, 0.25) is 5.95 Å². The highest BCUT2D eigenvalue weighted by Crippen LogP contribution is 2.41. The minimum absolute atomic E-state index is 0.160. The highest BCUT2D eigenvalue weighted by molar-refractivity contribution is 5.84. The molecule has 4 N–H and O–H groups in total. The number of piperidine rings is 1. The lowest BCUT2D eigenvalue weighted by Crippen LogP contribution is -2.46. The van der Waals surface area contributed by atoms with Crippen molar-refractivity contribution in [2.75, 3.05) is 23.7 Å². The molecule has 6 rings (SSSR count). The first kappa shape index (κ1) is 22.2. The highest BCUT2D eigenvalue weighted by Gasteiger charge is 2.48. The summed E-state index contributed by atoms with van der Waals surface area (Å²) in [5, 5.41) is 7.34. The summed E-state index contributed by atoms with van der Waals surface area (Å²) in [4.78, 5) is 28.6. The topological polar surface area (TPSA) is 114 Å². The first-order valence-electron chi connectivity index (χ1n) is 13.4. The van der Waals surface area contributed by atoms with Crippen molar-refractivity contribution in [3.8, 4) is 0 Å². The summed E-state index contributed by atoms with van der Waals surface area (Å²) in [6.07, 6.45) is 16.3. The van der Waals surface area contributed by atoms with Crippen molar-refractivity contribution in [3.05, 3.63) is 6.33 Å². The lowest BCUT2D eigenvalue weighted by molar-refractivity contribution is -0.114. The van der Waals surface area contributed by atoms with E-state index in [1.807, 2.05) is 6.33 Å². The van der Waals surface area contributed by atoms with Crippen molar-refractivity contribution in [2.45, 2.75) is 107 Å². The zero-order chi connectivity index (χ0) is 23.1. The van der Waals surface area contributed by atoms with E-state index in [0.717, 1.165) is 81.4 Å². The molecule has 0 aromatic carbocycles. The molecule has 1 saturated heterocycles. The van der Waals surface area contributed by atoms with Gasteiger partial charge in [-0.2, -0.15) is 9.97 Å². The average Bonchev–Trinajstić information content (AvgIpc) is 3.24. The maximum absolute atomic E-state index is 11.5. The van der Waals surface area contributed by atoms with Crippen LogP contribution in [-0.2, 0) is 4.79 Å². The van der Waals surface area contributed by atoms with Gasteiger partial charge in [0.1, 0.15) is 6.29 Å². The van der Waals surface area contributed by atoms with E-state index in [0.29, 0.717) is 30.1 Å². The van der Waals surface area contributed by atoms with Crippen LogP contribution in [0.3, 0.4) is 0 Å². The molecule has 3 aliphatic carbocycles. The van der Waals surface area contributed by atoms with Gasteiger partial charge in [-0.15, -0.1) is 0 Å². The Morgan fingerprint density at radius 1 is 0.941 bits per heavy atom. The van der Waals surface area contributed by atoms with Gasteiger partial charge in [-0.1, -0.05) is 12.8 Å². The quantitative estimate of drug-likeness (QED) is 0.533. The molecule has 34 heavy (non-hydrogen) atoms. The van der Waals surface area contributed by atoms with Crippen LogP contribution >= 0.6 is 0 Å². The van der Waals surface area contributed by atoms with Gasteiger partial charge in [0.25, 0.3) is 0 Å². The Hall–Kier alpha value is -2.26. The third-order valence-electron chi connectivity index (χ3n) is 8.69. The first-order chi connectivity index (χ1) is 16.6. The van der Waals surface area contributed by atoms with E-state index in [4.69, 9.17) is 20.7 Å². The minimum atomic E-state index is -0.160. The Morgan fingerprint density at radius 3 is 2.32 bits per heavy atom. The molecule has 3 saturated carbocycles. The summed E-state index contributed by atoms with van der Waals surface area (Å²) in [6, 6.07) is 1.50.